The van der Waals surface area contributed by atoms with Gasteiger partial charge in [-0.25, -0.2) is 8.42 Å². The number of rotatable bonds is 7. The van der Waals surface area contributed by atoms with Gasteiger partial charge in [0, 0.05) is 25.0 Å². The Bertz CT molecular complexity index is 846. The van der Waals surface area contributed by atoms with Gasteiger partial charge in [-0.05, 0) is 42.7 Å². The molecular weight excluding hydrogens is 374 g/mol. The van der Waals surface area contributed by atoms with Crippen LogP contribution in [-0.2, 0) is 16.6 Å². The summed E-state index contributed by atoms with van der Waals surface area (Å²) in [5, 5.41) is -0.182. The number of nitrogens with zero attached hydrogens (tertiary/aromatic N) is 2. The van der Waals surface area contributed by atoms with Crippen LogP contribution in [0.2, 0.25) is 5.02 Å². The fourth-order valence-electron chi connectivity index (χ4n) is 2.41. The van der Waals surface area contributed by atoms with Crippen molar-refractivity contribution in [3.8, 4) is 5.75 Å². The van der Waals surface area contributed by atoms with Crippen molar-refractivity contribution in [1.82, 2.24) is 9.29 Å². The van der Waals surface area contributed by atoms with E-state index in [1.54, 1.807) is 24.5 Å². The number of pyridine rings is 1. The van der Waals surface area contributed by atoms with Crippen molar-refractivity contribution in [1.29, 1.82) is 0 Å². The maximum Gasteiger partial charge on any atom is 0.387 e. The van der Waals surface area contributed by atoms with Gasteiger partial charge in [-0.3, -0.25) is 4.98 Å². The average Bonchev–Trinajstić information content (AvgIpc) is 3.39. The molecule has 0 unspecified atom stereocenters. The third kappa shape index (κ3) is 4.26. The Kier molecular flexibility index (Phi) is 5.21. The summed E-state index contributed by atoms with van der Waals surface area (Å²) < 4.78 is 56.2. The van der Waals surface area contributed by atoms with Gasteiger partial charge in [0.15, 0.2) is 0 Å². The fourth-order valence-corrected chi connectivity index (χ4v) is 4.40. The highest BCUT2D eigenvalue weighted by molar-refractivity contribution is 7.89. The van der Waals surface area contributed by atoms with Crippen LogP contribution >= 0.6 is 11.6 Å². The molecule has 134 valence electrons. The van der Waals surface area contributed by atoms with Gasteiger partial charge in [-0.1, -0.05) is 17.7 Å². The van der Waals surface area contributed by atoms with E-state index < -0.39 is 16.6 Å². The van der Waals surface area contributed by atoms with Crippen LogP contribution in [0.25, 0.3) is 0 Å². The number of ether oxygens (including phenoxy) is 1. The lowest BCUT2D eigenvalue weighted by Gasteiger charge is -2.22. The molecule has 0 spiro atoms. The quantitative estimate of drug-likeness (QED) is 0.725. The smallest absolute Gasteiger partial charge is 0.387 e. The van der Waals surface area contributed by atoms with E-state index in [2.05, 4.69) is 9.72 Å². The SMILES string of the molecule is O=S(=O)(c1ccc(OC(F)F)c(Cl)c1)N(Cc1cccnc1)C1CC1. The van der Waals surface area contributed by atoms with Crippen molar-refractivity contribution in [3.63, 3.8) is 0 Å². The van der Waals surface area contributed by atoms with Crippen molar-refractivity contribution >= 4 is 21.6 Å². The Balaban J connectivity index is 1.89. The fraction of sp³-hybridized carbons (Fsp3) is 0.312. The summed E-state index contributed by atoms with van der Waals surface area (Å²) in [7, 11) is -3.83. The zero-order valence-electron chi connectivity index (χ0n) is 13.0. The van der Waals surface area contributed by atoms with E-state index in [4.69, 9.17) is 11.6 Å². The van der Waals surface area contributed by atoms with E-state index in [0.29, 0.717) is 0 Å². The molecule has 0 N–H and O–H groups in total. The molecule has 0 bridgehead atoms. The summed E-state index contributed by atoms with van der Waals surface area (Å²) >= 11 is 5.89. The molecule has 9 heteroatoms. The molecule has 0 aliphatic heterocycles. The van der Waals surface area contributed by atoms with E-state index in [1.807, 2.05) is 0 Å². The molecule has 1 aromatic carbocycles. The van der Waals surface area contributed by atoms with Gasteiger partial charge >= 0.3 is 6.61 Å². The van der Waals surface area contributed by atoms with Crippen LogP contribution in [0.3, 0.4) is 0 Å². The molecule has 0 saturated heterocycles. The second-order valence-corrected chi connectivity index (χ2v) is 7.91. The standard InChI is InChI=1S/C16H15ClF2N2O3S/c17-14-8-13(5-6-15(14)24-16(18)19)25(22,23)21(12-3-4-12)10-11-2-1-7-20-9-11/h1-2,5-9,12,16H,3-4,10H2. The highest BCUT2D eigenvalue weighted by Crippen LogP contribution is 2.35. The first-order valence-electron chi connectivity index (χ1n) is 7.53. The van der Waals surface area contributed by atoms with Crippen LogP contribution in [0.5, 0.6) is 5.75 Å². The third-order valence-corrected chi connectivity index (χ3v) is 5.93. The number of benzene rings is 1. The molecule has 0 atom stereocenters. The summed E-state index contributed by atoms with van der Waals surface area (Å²) in [6.45, 7) is -2.85. The first-order valence-corrected chi connectivity index (χ1v) is 9.35. The number of sulfonamides is 1. The van der Waals surface area contributed by atoms with E-state index >= 15 is 0 Å². The van der Waals surface area contributed by atoms with E-state index in [1.165, 1.54) is 10.4 Å². The van der Waals surface area contributed by atoms with Gasteiger partial charge < -0.3 is 4.74 Å². The number of hydrogen-bond donors (Lipinski definition) is 0. The predicted octanol–water partition coefficient (Wildman–Crippen LogP) is 3.69. The summed E-state index contributed by atoms with van der Waals surface area (Å²) in [4.78, 5) is 3.94. The lowest BCUT2D eigenvalue weighted by atomic mass is 10.3. The van der Waals surface area contributed by atoms with Crippen LogP contribution in [0.4, 0.5) is 8.78 Å². The minimum atomic E-state index is -3.83. The normalized spacial score (nSPS) is 14.9. The lowest BCUT2D eigenvalue weighted by molar-refractivity contribution is -0.0498. The molecule has 0 radical (unpaired) electrons. The Morgan fingerprint density at radius 3 is 2.64 bits per heavy atom. The monoisotopic (exact) mass is 388 g/mol. The van der Waals surface area contributed by atoms with Crippen molar-refractivity contribution in [2.24, 2.45) is 0 Å². The molecular formula is C16H15ClF2N2O3S. The maximum absolute atomic E-state index is 13.0. The molecule has 1 aliphatic carbocycles. The van der Waals surface area contributed by atoms with Crippen molar-refractivity contribution in [2.45, 2.75) is 36.9 Å². The zero-order chi connectivity index (χ0) is 18.0. The Morgan fingerprint density at radius 1 is 1.32 bits per heavy atom. The topological polar surface area (TPSA) is 59.5 Å². The molecule has 1 aromatic heterocycles. The number of hydrogen-bond acceptors (Lipinski definition) is 4. The largest absolute Gasteiger partial charge is 0.433 e. The molecule has 1 heterocycles. The van der Waals surface area contributed by atoms with Crippen molar-refractivity contribution in [2.75, 3.05) is 0 Å². The zero-order valence-corrected chi connectivity index (χ0v) is 14.6. The van der Waals surface area contributed by atoms with E-state index in [0.717, 1.165) is 30.5 Å². The molecule has 3 rings (SSSR count). The van der Waals surface area contributed by atoms with Gasteiger partial charge in [0.05, 0.1) is 9.92 Å². The van der Waals surface area contributed by atoms with Crippen LogP contribution in [0.1, 0.15) is 18.4 Å². The van der Waals surface area contributed by atoms with Gasteiger partial charge in [0.1, 0.15) is 5.75 Å². The van der Waals surface area contributed by atoms with E-state index in [9.17, 15) is 17.2 Å². The van der Waals surface area contributed by atoms with Crippen molar-refractivity contribution in [3.05, 3.63) is 53.3 Å². The second-order valence-electron chi connectivity index (χ2n) is 5.61. The van der Waals surface area contributed by atoms with Crippen LogP contribution in [-0.4, -0.2) is 30.4 Å². The minimum absolute atomic E-state index is 0.0603. The van der Waals surface area contributed by atoms with Gasteiger partial charge in [-0.2, -0.15) is 13.1 Å². The second kappa shape index (κ2) is 7.23. The Hall–Kier alpha value is -1.77. The molecule has 1 aliphatic rings. The molecule has 0 amide bonds. The summed E-state index contributed by atoms with van der Waals surface area (Å²) in [5.74, 6) is -0.263. The highest BCUT2D eigenvalue weighted by atomic mass is 35.5. The Morgan fingerprint density at radius 2 is 2.08 bits per heavy atom. The molecule has 5 nitrogen and oxygen atoms in total. The average molecular weight is 389 g/mol. The van der Waals surface area contributed by atoms with Gasteiger partial charge in [-0.15, -0.1) is 0 Å². The van der Waals surface area contributed by atoms with E-state index in [-0.39, 0.29) is 28.3 Å². The van der Waals surface area contributed by atoms with Crippen LogP contribution < -0.4 is 4.74 Å². The lowest BCUT2D eigenvalue weighted by Crippen LogP contribution is -2.32. The molecule has 2 aromatic rings. The summed E-state index contributed by atoms with van der Waals surface area (Å²) in [6.07, 6.45) is 4.78. The van der Waals surface area contributed by atoms with Gasteiger partial charge in [0.25, 0.3) is 0 Å². The minimum Gasteiger partial charge on any atom is -0.433 e. The van der Waals surface area contributed by atoms with Crippen LogP contribution in [0.15, 0.2) is 47.6 Å². The first kappa shape index (κ1) is 18.0. The third-order valence-electron chi connectivity index (χ3n) is 3.74. The predicted molar refractivity (Wildman–Crippen MR) is 88.1 cm³/mol. The highest BCUT2D eigenvalue weighted by Gasteiger charge is 2.38. The molecule has 25 heavy (non-hydrogen) atoms. The number of halogens is 3. The number of alkyl halides is 2. The van der Waals surface area contributed by atoms with Crippen LogP contribution in [0, 0.1) is 0 Å². The number of aromatic nitrogens is 1. The maximum atomic E-state index is 13.0. The first-order chi connectivity index (χ1) is 11.9. The Labute approximate surface area is 149 Å². The summed E-state index contributed by atoms with van der Waals surface area (Å²) in [5.41, 5.74) is 0.765. The van der Waals surface area contributed by atoms with Crippen molar-refractivity contribution < 1.29 is 21.9 Å². The summed E-state index contributed by atoms with van der Waals surface area (Å²) in [6, 6.07) is 6.94. The van der Waals surface area contributed by atoms with Gasteiger partial charge in [0.2, 0.25) is 10.0 Å². The molecule has 1 fully saturated rings. The molecule has 1 saturated carbocycles.